The van der Waals surface area contributed by atoms with Gasteiger partial charge in [-0.25, -0.2) is 0 Å². The lowest BCUT2D eigenvalue weighted by atomic mass is 10.2. The molecule has 19 heavy (non-hydrogen) atoms. The van der Waals surface area contributed by atoms with Gasteiger partial charge in [0.05, 0.1) is 0 Å². The van der Waals surface area contributed by atoms with Gasteiger partial charge in [0, 0.05) is 5.25 Å². The summed E-state index contributed by atoms with van der Waals surface area (Å²) in [6.45, 7) is -0.812. The van der Waals surface area contributed by atoms with Crippen molar-refractivity contribution in [3.8, 4) is 5.75 Å². The number of nitrogen functional groups attached to an aromatic ring is 1. The van der Waals surface area contributed by atoms with Crippen LogP contribution in [0.3, 0.4) is 0 Å². The molecule has 0 amide bonds. The van der Waals surface area contributed by atoms with Crippen LogP contribution in [0.1, 0.15) is 17.7 Å². The molecule has 1 atom stereocenters. The summed E-state index contributed by atoms with van der Waals surface area (Å²) in [7, 11) is 0. The maximum absolute atomic E-state index is 12.0. The Bertz CT molecular complexity index is 533. The van der Waals surface area contributed by atoms with Crippen molar-refractivity contribution in [1.29, 1.82) is 0 Å². The Kier molecular flexibility index (Phi) is 4.54. The summed E-state index contributed by atoms with van der Waals surface area (Å²) >= 11 is 2.83. The number of ether oxygens (including phenoxy) is 1. The molecule has 0 fully saturated rings. The maximum Gasteiger partial charge on any atom is 0.387 e. The first-order valence-electron chi connectivity index (χ1n) is 5.35. The van der Waals surface area contributed by atoms with E-state index in [4.69, 9.17) is 5.73 Å². The number of hydrogen-bond donors (Lipinski definition) is 1. The van der Waals surface area contributed by atoms with Crippen LogP contribution in [0.5, 0.6) is 5.75 Å². The van der Waals surface area contributed by atoms with Crippen LogP contribution in [-0.4, -0.2) is 16.8 Å². The summed E-state index contributed by atoms with van der Waals surface area (Å²) < 4.78 is 29.1. The second kappa shape index (κ2) is 6.16. The van der Waals surface area contributed by atoms with Crippen LogP contribution < -0.4 is 10.5 Å². The zero-order valence-corrected chi connectivity index (χ0v) is 11.5. The summed E-state index contributed by atoms with van der Waals surface area (Å²) in [5, 5.41) is 8.20. The lowest BCUT2D eigenvalue weighted by Crippen LogP contribution is -2.01. The minimum atomic E-state index is -2.80. The van der Waals surface area contributed by atoms with Crippen LogP contribution in [0.2, 0.25) is 0 Å². The molecule has 4 nitrogen and oxygen atoms in total. The first kappa shape index (κ1) is 14.0. The molecule has 0 unspecified atom stereocenters. The lowest BCUT2D eigenvalue weighted by Gasteiger charge is -2.10. The van der Waals surface area contributed by atoms with Gasteiger partial charge < -0.3 is 10.5 Å². The molecule has 0 aliphatic heterocycles. The molecule has 0 aliphatic carbocycles. The van der Waals surface area contributed by atoms with E-state index < -0.39 is 6.61 Å². The highest BCUT2D eigenvalue weighted by Gasteiger charge is 2.11. The summed E-state index contributed by atoms with van der Waals surface area (Å²) in [6, 6.07) is 6.54. The smallest absolute Gasteiger partial charge is 0.387 e. The number of hydrogen-bond acceptors (Lipinski definition) is 6. The largest absolute Gasteiger partial charge is 0.435 e. The summed E-state index contributed by atoms with van der Waals surface area (Å²) in [4.78, 5) is 0. The van der Waals surface area contributed by atoms with Gasteiger partial charge >= 0.3 is 6.61 Å². The first-order valence-corrected chi connectivity index (χ1v) is 7.04. The second-order valence-corrected chi connectivity index (χ2v) is 6.21. The number of benzene rings is 1. The van der Waals surface area contributed by atoms with Gasteiger partial charge in [-0.2, -0.15) is 8.78 Å². The highest BCUT2D eigenvalue weighted by Crippen LogP contribution is 2.37. The number of aromatic nitrogens is 2. The molecule has 0 spiro atoms. The van der Waals surface area contributed by atoms with Gasteiger partial charge in [0.25, 0.3) is 0 Å². The Balaban J connectivity index is 2.01. The van der Waals surface area contributed by atoms with Crippen molar-refractivity contribution in [2.75, 3.05) is 5.73 Å². The van der Waals surface area contributed by atoms with E-state index in [0.717, 1.165) is 9.90 Å². The molecule has 0 aliphatic rings. The minimum absolute atomic E-state index is 0.118. The Hall–Kier alpha value is -1.41. The van der Waals surface area contributed by atoms with E-state index in [0.29, 0.717) is 5.13 Å². The van der Waals surface area contributed by atoms with Crippen molar-refractivity contribution in [3.05, 3.63) is 29.8 Å². The number of nitrogens with two attached hydrogens (primary N) is 1. The van der Waals surface area contributed by atoms with Crippen LogP contribution >= 0.6 is 23.1 Å². The Morgan fingerprint density at radius 2 is 1.95 bits per heavy atom. The quantitative estimate of drug-likeness (QED) is 0.856. The SMILES string of the molecule is C[C@H](Sc1nnc(N)s1)c1ccc(OC(F)F)cc1. The van der Waals surface area contributed by atoms with E-state index in [1.54, 1.807) is 12.1 Å². The van der Waals surface area contributed by atoms with Crippen molar-refractivity contribution in [3.63, 3.8) is 0 Å². The van der Waals surface area contributed by atoms with E-state index in [2.05, 4.69) is 14.9 Å². The van der Waals surface area contributed by atoms with Gasteiger partial charge in [-0.05, 0) is 24.6 Å². The molecular formula is C11H11F2N3OS2. The third-order valence-corrected chi connectivity index (χ3v) is 4.27. The monoisotopic (exact) mass is 303 g/mol. The first-order chi connectivity index (χ1) is 9.04. The predicted molar refractivity (Wildman–Crippen MR) is 71.7 cm³/mol. The number of anilines is 1. The van der Waals surface area contributed by atoms with Gasteiger partial charge in [-0.3, -0.25) is 0 Å². The minimum Gasteiger partial charge on any atom is -0.435 e. The highest BCUT2D eigenvalue weighted by atomic mass is 32.2. The van der Waals surface area contributed by atoms with Crippen molar-refractivity contribution in [2.45, 2.75) is 23.1 Å². The molecule has 2 aromatic rings. The molecule has 8 heteroatoms. The summed E-state index contributed by atoms with van der Waals surface area (Å²) in [5.41, 5.74) is 6.49. The second-order valence-electron chi connectivity index (χ2n) is 3.61. The topological polar surface area (TPSA) is 61.0 Å². The average Bonchev–Trinajstić information content (AvgIpc) is 2.75. The molecule has 1 aromatic heterocycles. The fourth-order valence-corrected chi connectivity index (χ4v) is 3.32. The molecule has 0 radical (unpaired) electrons. The van der Waals surface area contributed by atoms with Crippen molar-refractivity contribution in [1.82, 2.24) is 10.2 Å². The van der Waals surface area contributed by atoms with E-state index in [1.165, 1.54) is 35.2 Å². The van der Waals surface area contributed by atoms with Gasteiger partial charge in [0.15, 0.2) is 4.34 Å². The molecule has 0 saturated heterocycles. The standard InChI is InChI=1S/C11H11F2N3OS2/c1-6(18-11-16-15-10(14)19-11)7-2-4-8(5-3-7)17-9(12)13/h2-6,9H,1H3,(H2,14,15)/t6-/m0/s1. The van der Waals surface area contributed by atoms with Crippen LogP contribution in [-0.2, 0) is 0 Å². The molecule has 2 rings (SSSR count). The van der Waals surface area contributed by atoms with Crippen molar-refractivity contribution in [2.24, 2.45) is 0 Å². The number of rotatable bonds is 5. The number of alkyl halides is 2. The van der Waals surface area contributed by atoms with E-state index >= 15 is 0 Å². The van der Waals surface area contributed by atoms with E-state index in [1.807, 2.05) is 6.92 Å². The van der Waals surface area contributed by atoms with E-state index in [9.17, 15) is 8.78 Å². The third-order valence-electron chi connectivity index (χ3n) is 2.27. The fraction of sp³-hybridized carbons (Fsp3) is 0.273. The average molecular weight is 303 g/mol. The van der Waals surface area contributed by atoms with Crippen LogP contribution in [0, 0.1) is 0 Å². The molecular weight excluding hydrogens is 292 g/mol. The van der Waals surface area contributed by atoms with Gasteiger partial charge in [-0.1, -0.05) is 35.2 Å². The third kappa shape index (κ3) is 4.03. The predicted octanol–water partition coefficient (Wildman–Crippen LogP) is 3.58. The maximum atomic E-state index is 12.0. The zero-order valence-electron chi connectivity index (χ0n) is 9.92. The molecule has 1 heterocycles. The number of halogens is 2. The summed E-state index contributed by atoms with van der Waals surface area (Å²) in [6.07, 6.45) is 0. The van der Waals surface area contributed by atoms with Crippen LogP contribution in [0.25, 0.3) is 0 Å². The Labute approximate surface area is 117 Å². The van der Waals surface area contributed by atoms with Crippen LogP contribution in [0.15, 0.2) is 28.6 Å². The highest BCUT2D eigenvalue weighted by molar-refractivity contribution is 8.01. The summed E-state index contributed by atoms with van der Waals surface area (Å²) in [5.74, 6) is 0.149. The molecule has 1 aromatic carbocycles. The van der Waals surface area contributed by atoms with Crippen molar-refractivity contribution < 1.29 is 13.5 Å². The Morgan fingerprint density at radius 3 is 2.47 bits per heavy atom. The fourth-order valence-electron chi connectivity index (χ4n) is 1.41. The Morgan fingerprint density at radius 1 is 1.26 bits per heavy atom. The van der Waals surface area contributed by atoms with E-state index in [-0.39, 0.29) is 11.0 Å². The molecule has 0 saturated carbocycles. The molecule has 0 bridgehead atoms. The van der Waals surface area contributed by atoms with Crippen molar-refractivity contribution >= 4 is 28.2 Å². The van der Waals surface area contributed by atoms with Gasteiger partial charge in [-0.15, -0.1) is 10.2 Å². The van der Waals surface area contributed by atoms with Gasteiger partial charge in [0.2, 0.25) is 5.13 Å². The van der Waals surface area contributed by atoms with Crippen LogP contribution in [0.4, 0.5) is 13.9 Å². The molecule has 2 N–H and O–H groups in total. The molecule has 102 valence electrons. The van der Waals surface area contributed by atoms with Gasteiger partial charge in [0.1, 0.15) is 5.75 Å². The normalized spacial score (nSPS) is 12.6. The number of thioether (sulfide) groups is 1. The number of nitrogens with zero attached hydrogens (tertiary/aromatic N) is 2. The lowest BCUT2D eigenvalue weighted by molar-refractivity contribution is -0.0498. The zero-order chi connectivity index (χ0) is 13.8.